The second-order valence-corrected chi connectivity index (χ2v) is 13.1. The Balaban J connectivity index is 1.44. The number of nitrogens with zero attached hydrogens (tertiary/aromatic N) is 2. The molecule has 52 heavy (non-hydrogen) atoms. The van der Waals surface area contributed by atoms with E-state index < -0.39 is 0 Å². The van der Waals surface area contributed by atoms with Gasteiger partial charge in [-0.3, -0.25) is 0 Å². The lowest BCUT2D eigenvalue weighted by Gasteiger charge is -2.07. The average Bonchev–Trinajstić information content (AvgIpc) is 4.00. The van der Waals surface area contributed by atoms with Gasteiger partial charge in [-0.2, -0.15) is 0 Å². The van der Waals surface area contributed by atoms with Crippen molar-refractivity contribution in [2.24, 2.45) is 0 Å². The average molecular weight is 674 g/mol. The van der Waals surface area contributed by atoms with E-state index in [1.165, 1.54) is 5.56 Å². The van der Waals surface area contributed by atoms with Crippen LogP contribution in [0.2, 0.25) is 0 Å². The van der Waals surface area contributed by atoms with Crippen LogP contribution in [0, 0.1) is 0 Å². The SMILES string of the molecule is Nc1ccc(-c2c3nc(c(-c4ccc(N)cc4)c4ccc([nH]4)c(-c4ccc(N)cc4)c4nc(c(Cc5ccccc5)c5ccc2[nH]5)C=C4)C=C3)cc1. The Morgan fingerprint density at radius 3 is 1.19 bits per heavy atom. The molecule has 0 saturated heterocycles. The van der Waals surface area contributed by atoms with Crippen LogP contribution in [0.5, 0.6) is 0 Å². The lowest BCUT2D eigenvalue weighted by Crippen LogP contribution is -1.94. The van der Waals surface area contributed by atoms with E-state index in [1.54, 1.807) is 0 Å². The maximum atomic E-state index is 6.15. The first kappa shape index (κ1) is 30.9. The monoisotopic (exact) mass is 673 g/mol. The van der Waals surface area contributed by atoms with E-state index in [0.717, 1.165) is 83.8 Å². The molecule has 0 aliphatic carbocycles. The van der Waals surface area contributed by atoms with Crippen molar-refractivity contribution in [1.29, 1.82) is 0 Å². The fourth-order valence-electron chi connectivity index (χ4n) is 7.11. The number of rotatable bonds is 5. The van der Waals surface area contributed by atoms with Crippen LogP contribution in [0.3, 0.4) is 0 Å². The molecule has 0 spiro atoms. The molecule has 0 unspecified atom stereocenters. The Morgan fingerprint density at radius 2 is 0.750 bits per heavy atom. The van der Waals surface area contributed by atoms with Gasteiger partial charge in [0.2, 0.25) is 0 Å². The Bertz CT molecular complexity index is 2650. The molecule has 9 rings (SSSR count). The number of fused-ring (bicyclic) bond motifs is 8. The zero-order chi connectivity index (χ0) is 35.2. The van der Waals surface area contributed by atoms with Gasteiger partial charge < -0.3 is 27.2 Å². The van der Waals surface area contributed by atoms with Crippen LogP contribution in [-0.2, 0) is 6.42 Å². The normalized spacial score (nSPS) is 12.0. The molecule has 7 heteroatoms. The number of nitrogens with two attached hydrogens (primary N) is 3. The lowest BCUT2D eigenvalue weighted by atomic mass is 10.0. The van der Waals surface area contributed by atoms with Crippen LogP contribution in [0.15, 0.2) is 127 Å². The van der Waals surface area contributed by atoms with Gasteiger partial charge in [-0.05, 0) is 107 Å². The van der Waals surface area contributed by atoms with Gasteiger partial charge in [0.1, 0.15) is 0 Å². The lowest BCUT2D eigenvalue weighted by molar-refractivity contribution is 1.16. The van der Waals surface area contributed by atoms with Crippen molar-refractivity contribution in [2.75, 3.05) is 17.2 Å². The predicted molar refractivity (Wildman–Crippen MR) is 218 cm³/mol. The largest absolute Gasteiger partial charge is 0.399 e. The smallest absolute Gasteiger partial charge is 0.0737 e. The molecular weight excluding hydrogens is 639 g/mol. The van der Waals surface area contributed by atoms with Crippen LogP contribution < -0.4 is 17.2 Å². The van der Waals surface area contributed by atoms with Gasteiger partial charge in [-0.25, -0.2) is 9.97 Å². The van der Waals surface area contributed by atoms with E-state index >= 15 is 0 Å². The number of anilines is 3. The van der Waals surface area contributed by atoms with Gasteiger partial charge in [0.25, 0.3) is 0 Å². The van der Waals surface area contributed by atoms with E-state index in [4.69, 9.17) is 27.2 Å². The minimum atomic E-state index is 0.691. The summed E-state index contributed by atoms with van der Waals surface area (Å²) >= 11 is 0. The quantitative estimate of drug-likeness (QED) is 0.116. The second kappa shape index (κ2) is 12.6. The van der Waals surface area contributed by atoms with E-state index in [9.17, 15) is 0 Å². The summed E-state index contributed by atoms with van der Waals surface area (Å²) < 4.78 is 0. The molecule has 5 heterocycles. The third kappa shape index (κ3) is 5.70. The Hall–Kier alpha value is -7.12. The third-order valence-electron chi connectivity index (χ3n) is 9.68. The summed E-state index contributed by atoms with van der Waals surface area (Å²) in [7, 11) is 0. The van der Waals surface area contributed by atoms with Gasteiger partial charge in [-0.15, -0.1) is 0 Å². The van der Waals surface area contributed by atoms with Crippen molar-refractivity contribution in [1.82, 2.24) is 19.9 Å². The zero-order valence-corrected chi connectivity index (χ0v) is 28.3. The summed E-state index contributed by atoms with van der Waals surface area (Å²) in [5.74, 6) is 0. The minimum absolute atomic E-state index is 0.691. The Kier molecular flexibility index (Phi) is 7.51. The van der Waals surface area contributed by atoms with Crippen molar-refractivity contribution in [2.45, 2.75) is 6.42 Å². The summed E-state index contributed by atoms with van der Waals surface area (Å²) in [5, 5.41) is 0. The molecule has 0 atom stereocenters. The summed E-state index contributed by atoms with van der Waals surface area (Å²) in [6.45, 7) is 0. The topological polar surface area (TPSA) is 135 Å². The van der Waals surface area contributed by atoms with Crippen molar-refractivity contribution < 1.29 is 0 Å². The van der Waals surface area contributed by atoms with E-state index in [0.29, 0.717) is 23.5 Å². The number of aromatic amines is 2. The van der Waals surface area contributed by atoms with Crippen molar-refractivity contribution >= 4 is 63.4 Å². The first-order valence-corrected chi connectivity index (χ1v) is 17.2. The summed E-state index contributed by atoms with van der Waals surface area (Å²) in [6.07, 6.45) is 9.09. The molecule has 0 amide bonds. The molecule has 0 fully saturated rings. The molecule has 8 bridgehead atoms. The number of aromatic nitrogens is 4. The van der Waals surface area contributed by atoms with Crippen LogP contribution in [0.4, 0.5) is 17.1 Å². The third-order valence-corrected chi connectivity index (χ3v) is 9.68. The fraction of sp³-hybridized carbons (Fsp3) is 0.0222. The number of hydrogen-bond acceptors (Lipinski definition) is 5. The summed E-state index contributed by atoms with van der Waals surface area (Å²) in [6, 6.07) is 42.9. The molecule has 3 aromatic heterocycles. The highest BCUT2D eigenvalue weighted by Crippen LogP contribution is 2.37. The van der Waals surface area contributed by atoms with Crippen molar-refractivity contribution in [3.63, 3.8) is 0 Å². The van der Waals surface area contributed by atoms with E-state index in [2.05, 4.69) is 82.8 Å². The molecule has 8 N–H and O–H groups in total. The number of hydrogen-bond donors (Lipinski definition) is 5. The second-order valence-electron chi connectivity index (χ2n) is 13.1. The first-order chi connectivity index (χ1) is 25.5. The highest BCUT2D eigenvalue weighted by atomic mass is 14.8. The maximum absolute atomic E-state index is 6.15. The number of nitrogen functional groups attached to an aromatic ring is 3. The number of nitrogens with one attached hydrogen (secondary N) is 2. The molecule has 0 radical (unpaired) electrons. The fourth-order valence-corrected chi connectivity index (χ4v) is 7.11. The molecule has 0 saturated carbocycles. The van der Waals surface area contributed by atoms with E-state index in [-0.39, 0.29) is 0 Å². The standard InChI is InChI=1S/C45H35N7/c46-31-12-6-28(7-13-31)43-37-20-18-35(49-37)34(26-27-4-2-1-3-5-27)36-19-21-38(50-36)44(29-8-14-32(47)15-9-29)40-23-25-42(52-40)45(41-24-22-39(43)51-41)30-10-16-33(48)17-11-30/h1-25,49,52H,26,46-48H2. The summed E-state index contributed by atoms with van der Waals surface area (Å²) in [4.78, 5) is 18.2. The molecule has 4 aromatic carbocycles. The van der Waals surface area contributed by atoms with Gasteiger partial charge in [0.05, 0.1) is 22.8 Å². The van der Waals surface area contributed by atoms with Crippen LogP contribution in [0.25, 0.3) is 79.8 Å². The number of H-pyrrole nitrogens is 2. The Morgan fingerprint density at radius 1 is 0.385 bits per heavy atom. The van der Waals surface area contributed by atoms with Crippen LogP contribution in [0.1, 0.15) is 33.9 Å². The van der Waals surface area contributed by atoms with Crippen LogP contribution in [-0.4, -0.2) is 19.9 Å². The zero-order valence-electron chi connectivity index (χ0n) is 28.3. The number of benzene rings is 4. The van der Waals surface area contributed by atoms with Gasteiger partial charge >= 0.3 is 0 Å². The highest BCUT2D eigenvalue weighted by Gasteiger charge is 2.18. The minimum Gasteiger partial charge on any atom is -0.399 e. The molecular formula is C45H35N7. The van der Waals surface area contributed by atoms with Gasteiger partial charge in [0, 0.05) is 67.8 Å². The van der Waals surface area contributed by atoms with E-state index in [1.807, 2.05) is 78.9 Å². The van der Waals surface area contributed by atoms with Gasteiger partial charge in [0.15, 0.2) is 0 Å². The molecule has 7 aromatic rings. The predicted octanol–water partition coefficient (Wildman–Crippen LogP) is 9.99. The van der Waals surface area contributed by atoms with Crippen LogP contribution >= 0.6 is 0 Å². The van der Waals surface area contributed by atoms with Crippen molar-refractivity contribution in [3.8, 4) is 33.4 Å². The molecule has 7 nitrogen and oxygen atoms in total. The first-order valence-electron chi connectivity index (χ1n) is 17.2. The molecule has 250 valence electrons. The van der Waals surface area contributed by atoms with Crippen molar-refractivity contribution in [3.05, 3.63) is 161 Å². The Labute approximate surface area is 300 Å². The summed E-state index contributed by atoms with van der Waals surface area (Å²) in [5.41, 5.74) is 36.0. The molecule has 2 aliphatic rings. The molecule has 2 aliphatic heterocycles. The highest BCUT2D eigenvalue weighted by molar-refractivity contribution is 5.98. The van der Waals surface area contributed by atoms with Gasteiger partial charge in [-0.1, -0.05) is 66.7 Å². The maximum Gasteiger partial charge on any atom is 0.0737 e.